The number of benzene rings is 3. The van der Waals surface area contributed by atoms with Gasteiger partial charge in [0.05, 0.1) is 24.1 Å². The minimum atomic E-state index is -0.987. The van der Waals surface area contributed by atoms with Crippen molar-refractivity contribution in [3.8, 4) is 11.3 Å². The van der Waals surface area contributed by atoms with Crippen molar-refractivity contribution >= 4 is 18.1 Å². The number of carboxylic acid groups (broad SMARTS) is 1. The minimum Gasteiger partial charge on any atom is -0.465 e. The van der Waals surface area contributed by atoms with Gasteiger partial charge < -0.3 is 29.1 Å². The maximum absolute atomic E-state index is 14.4. The molecule has 45 heavy (non-hydrogen) atoms. The van der Waals surface area contributed by atoms with Crippen LogP contribution in [0.15, 0.2) is 97.3 Å². The van der Waals surface area contributed by atoms with Crippen LogP contribution < -0.4 is 0 Å². The van der Waals surface area contributed by atoms with Gasteiger partial charge in [-0.15, -0.1) is 0 Å². The molecular formula is C35H37N5O5. The van der Waals surface area contributed by atoms with E-state index in [1.807, 2.05) is 95.6 Å². The molecule has 0 saturated carbocycles. The van der Waals surface area contributed by atoms with E-state index in [1.165, 1.54) is 4.90 Å². The number of likely N-dealkylation sites (tertiary alicyclic amines) is 1. The Balaban J connectivity index is 1.26. The van der Waals surface area contributed by atoms with E-state index in [0.717, 1.165) is 29.5 Å². The maximum atomic E-state index is 14.4. The number of rotatable bonds is 7. The Morgan fingerprint density at radius 2 is 1.47 bits per heavy atom. The first-order valence-corrected chi connectivity index (χ1v) is 15.4. The zero-order valence-electron chi connectivity index (χ0n) is 25.1. The number of hydrogen-bond acceptors (Lipinski definition) is 5. The summed E-state index contributed by atoms with van der Waals surface area (Å²) in [4.78, 5) is 48.9. The van der Waals surface area contributed by atoms with Crippen LogP contribution in [0.25, 0.3) is 11.3 Å². The van der Waals surface area contributed by atoms with Crippen molar-refractivity contribution in [2.24, 2.45) is 0 Å². The van der Waals surface area contributed by atoms with E-state index in [9.17, 15) is 19.5 Å². The summed E-state index contributed by atoms with van der Waals surface area (Å²) in [6.07, 6.45) is 2.50. The number of carbonyl (C=O) groups is 3. The molecule has 0 radical (unpaired) electrons. The first kappa shape index (κ1) is 29.9. The number of nitrogens with zero attached hydrogens (tertiary/aromatic N) is 5. The molecule has 1 aromatic heterocycles. The van der Waals surface area contributed by atoms with E-state index in [4.69, 9.17) is 9.72 Å². The van der Waals surface area contributed by atoms with Crippen LogP contribution in [0.5, 0.6) is 0 Å². The predicted octanol–water partition coefficient (Wildman–Crippen LogP) is 5.57. The Morgan fingerprint density at radius 1 is 0.800 bits per heavy atom. The number of imidazole rings is 1. The molecule has 10 nitrogen and oxygen atoms in total. The number of piperidine rings is 1. The lowest BCUT2D eigenvalue weighted by Crippen LogP contribution is -2.57. The maximum Gasteiger partial charge on any atom is 0.410 e. The van der Waals surface area contributed by atoms with Crippen LogP contribution >= 0.6 is 0 Å². The van der Waals surface area contributed by atoms with Gasteiger partial charge >= 0.3 is 12.2 Å². The molecule has 2 fully saturated rings. The summed E-state index contributed by atoms with van der Waals surface area (Å²) in [7, 11) is 0. The molecule has 1 N–H and O–H groups in total. The summed E-state index contributed by atoms with van der Waals surface area (Å²) in [6, 6.07) is 28.7. The molecule has 4 aromatic rings. The standard InChI is InChI=1S/C35H37N5O5/c41-33(39-20-19-37(34(42)43)23-30(39)21-26-11-4-1-5-12-26)31-32(28-15-8-3-9-16-28)40(25-36-31)29-17-10-18-38(22-29)35(44)45-24-27-13-6-2-7-14-27/h1-9,11-16,25,29-30H,10,17-24H2,(H,42,43)/t29?,30-/m1/s1. The number of piperazine rings is 1. The molecule has 10 heteroatoms. The number of ether oxygens (including phenoxy) is 1. The Labute approximate surface area is 262 Å². The summed E-state index contributed by atoms with van der Waals surface area (Å²) in [5, 5.41) is 9.73. The van der Waals surface area contributed by atoms with Crippen LogP contribution in [0.3, 0.4) is 0 Å². The Hall–Kier alpha value is -5.12. The molecule has 3 heterocycles. The molecule has 0 aliphatic carbocycles. The zero-order chi connectivity index (χ0) is 31.2. The Morgan fingerprint density at radius 3 is 2.16 bits per heavy atom. The fourth-order valence-corrected chi connectivity index (χ4v) is 6.33. The predicted molar refractivity (Wildman–Crippen MR) is 169 cm³/mol. The third kappa shape index (κ3) is 6.85. The van der Waals surface area contributed by atoms with Gasteiger partial charge in [-0.25, -0.2) is 14.6 Å². The van der Waals surface area contributed by atoms with E-state index < -0.39 is 6.09 Å². The van der Waals surface area contributed by atoms with Gasteiger partial charge in [0, 0.05) is 38.3 Å². The Kier molecular flexibility index (Phi) is 9.09. The summed E-state index contributed by atoms with van der Waals surface area (Å²) in [6.45, 7) is 1.97. The van der Waals surface area contributed by atoms with Crippen molar-refractivity contribution in [1.29, 1.82) is 0 Å². The van der Waals surface area contributed by atoms with Crippen molar-refractivity contribution in [1.82, 2.24) is 24.3 Å². The summed E-state index contributed by atoms with van der Waals surface area (Å²) >= 11 is 0. The molecule has 6 rings (SSSR count). The molecule has 0 bridgehead atoms. The highest BCUT2D eigenvalue weighted by Crippen LogP contribution is 2.32. The quantitative estimate of drug-likeness (QED) is 0.294. The van der Waals surface area contributed by atoms with Gasteiger partial charge in [0.15, 0.2) is 5.69 Å². The highest BCUT2D eigenvalue weighted by molar-refractivity contribution is 5.98. The second-order valence-electron chi connectivity index (χ2n) is 11.6. The fraction of sp³-hybridized carbons (Fsp3) is 0.314. The van der Waals surface area contributed by atoms with Crippen molar-refractivity contribution in [3.05, 3.63) is 114 Å². The highest BCUT2D eigenvalue weighted by atomic mass is 16.6. The number of aromatic nitrogens is 2. The number of hydrogen-bond donors (Lipinski definition) is 1. The third-order valence-electron chi connectivity index (χ3n) is 8.63. The molecule has 2 atom stereocenters. The lowest BCUT2D eigenvalue weighted by molar-refractivity contribution is 0.0447. The van der Waals surface area contributed by atoms with E-state index in [2.05, 4.69) is 0 Å². The highest BCUT2D eigenvalue weighted by Gasteiger charge is 2.36. The van der Waals surface area contributed by atoms with E-state index in [1.54, 1.807) is 16.1 Å². The summed E-state index contributed by atoms with van der Waals surface area (Å²) < 4.78 is 7.66. The molecule has 2 aliphatic rings. The van der Waals surface area contributed by atoms with Crippen LogP contribution in [0.1, 0.15) is 40.5 Å². The van der Waals surface area contributed by atoms with Gasteiger partial charge in [-0.05, 0) is 30.4 Å². The minimum absolute atomic E-state index is 0.101. The van der Waals surface area contributed by atoms with Gasteiger partial charge in [-0.3, -0.25) is 4.79 Å². The average Bonchev–Trinajstić information content (AvgIpc) is 3.54. The monoisotopic (exact) mass is 607 g/mol. The lowest BCUT2D eigenvalue weighted by Gasteiger charge is -2.40. The lowest BCUT2D eigenvalue weighted by atomic mass is 10.0. The smallest absolute Gasteiger partial charge is 0.410 e. The first-order chi connectivity index (χ1) is 22.0. The fourth-order valence-electron chi connectivity index (χ4n) is 6.33. The van der Waals surface area contributed by atoms with Gasteiger partial charge in [-0.2, -0.15) is 0 Å². The number of carbonyl (C=O) groups excluding carboxylic acids is 2. The molecule has 3 amide bonds. The second kappa shape index (κ2) is 13.7. The van der Waals surface area contributed by atoms with Gasteiger partial charge in [0.2, 0.25) is 0 Å². The van der Waals surface area contributed by atoms with E-state index >= 15 is 0 Å². The van der Waals surface area contributed by atoms with Crippen molar-refractivity contribution in [2.75, 3.05) is 32.7 Å². The summed E-state index contributed by atoms with van der Waals surface area (Å²) in [5.41, 5.74) is 3.84. The molecule has 232 valence electrons. The van der Waals surface area contributed by atoms with Crippen LogP contribution in [0.2, 0.25) is 0 Å². The van der Waals surface area contributed by atoms with E-state index in [-0.39, 0.29) is 50.3 Å². The van der Waals surface area contributed by atoms with Crippen molar-refractivity contribution < 1.29 is 24.2 Å². The largest absolute Gasteiger partial charge is 0.465 e. The Bertz CT molecular complexity index is 1610. The normalized spacial score (nSPS) is 18.4. The van der Waals surface area contributed by atoms with Crippen molar-refractivity contribution in [2.45, 2.75) is 38.0 Å². The molecule has 3 aromatic carbocycles. The molecule has 2 saturated heterocycles. The van der Waals surface area contributed by atoms with E-state index in [0.29, 0.717) is 30.9 Å². The third-order valence-corrected chi connectivity index (χ3v) is 8.63. The molecule has 1 unspecified atom stereocenters. The van der Waals surface area contributed by atoms with Gasteiger partial charge in [-0.1, -0.05) is 91.0 Å². The summed E-state index contributed by atoms with van der Waals surface area (Å²) in [5.74, 6) is -0.228. The number of amides is 3. The second-order valence-corrected chi connectivity index (χ2v) is 11.6. The van der Waals surface area contributed by atoms with Crippen LogP contribution in [-0.2, 0) is 17.8 Å². The molecule has 0 spiro atoms. The topological polar surface area (TPSA) is 108 Å². The van der Waals surface area contributed by atoms with Crippen LogP contribution in [0.4, 0.5) is 9.59 Å². The van der Waals surface area contributed by atoms with Crippen LogP contribution in [-0.4, -0.2) is 86.2 Å². The molecular weight excluding hydrogens is 570 g/mol. The van der Waals surface area contributed by atoms with Crippen LogP contribution in [0, 0.1) is 0 Å². The first-order valence-electron chi connectivity index (χ1n) is 15.4. The van der Waals surface area contributed by atoms with Crippen molar-refractivity contribution in [3.63, 3.8) is 0 Å². The average molecular weight is 608 g/mol. The molecule has 2 aliphatic heterocycles. The SMILES string of the molecule is O=C(O)N1CCN(C(=O)c2ncn(C3CCCN(C(=O)OCc4ccccc4)C3)c2-c2ccccc2)[C@H](Cc2ccccc2)C1. The van der Waals surface area contributed by atoms with Gasteiger partial charge in [0.1, 0.15) is 6.61 Å². The zero-order valence-corrected chi connectivity index (χ0v) is 25.1. The van der Waals surface area contributed by atoms with Gasteiger partial charge in [0.25, 0.3) is 5.91 Å².